The van der Waals surface area contributed by atoms with Crippen LogP contribution in [-0.4, -0.2) is 39.3 Å². The number of carbonyl (C=O) groups is 2. The smallest absolute Gasteiger partial charge is 0.306 e. The van der Waals surface area contributed by atoms with Gasteiger partial charge in [-0.25, -0.2) is 0 Å². The van der Waals surface area contributed by atoms with E-state index in [-0.39, 0.29) is 46.9 Å². The number of hydrogen-bond donors (Lipinski definition) is 3. The van der Waals surface area contributed by atoms with Crippen LogP contribution < -0.4 is 0 Å². The van der Waals surface area contributed by atoms with Gasteiger partial charge in [-0.05, 0) is 73.5 Å². The summed E-state index contributed by atoms with van der Waals surface area (Å²) in [5.41, 5.74) is -0.631. The molecule has 0 spiro atoms. The van der Waals surface area contributed by atoms with E-state index in [9.17, 15) is 24.9 Å². The number of aliphatic hydroxyl groups is 2. The Bertz CT molecular complexity index is 647. The van der Waals surface area contributed by atoms with Crippen molar-refractivity contribution in [1.29, 1.82) is 0 Å². The van der Waals surface area contributed by atoms with Crippen LogP contribution in [0.5, 0.6) is 0 Å². The Hall–Kier alpha value is -0.940. The fourth-order valence-corrected chi connectivity index (χ4v) is 7.93. The van der Waals surface area contributed by atoms with E-state index in [2.05, 4.69) is 6.92 Å². The second-order valence-corrected chi connectivity index (χ2v) is 10.4. The van der Waals surface area contributed by atoms with Crippen molar-refractivity contribution in [3.63, 3.8) is 0 Å². The Morgan fingerprint density at radius 2 is 1.81 bits per heavy atom. The quantitative estimate of drug-likeness (QED) is 0.687. The third kappa shape index (κ3) is 2.57. The normalized spacial score (nSPS) is 53.2. The maximum atomic E-state index is 13.5. The summed E-state index contributed by atoms with van der Waals surface area (Å²) in [6, 6.07) is 0. The molecule has 5 nitrogen and oxygen atoms in total. The number of fused-ring (bicyclic) bond motifs is 5. The molecule has 0 amide bonds. The standard InChI is InChI=1S/C22H34O5/c1-11(20(26)27)14-4-5-15-19-16(10-18(25)22(14,15)3)21(2)7-6-13(23)8-12(21)9-17(19)24/h11-17,19,23-24H,4-10H2,1-3H3,(H,26,27). The van der Waals surface area contributed by atoms with Crippen molar-refractivity contribution in [3.05, 3.63) is 0 Å². The average Bonchev–Trinajstić information content (AvgIpc) is 2.95. The minimum Gasteiger partial charge on any atom is -0.481 e. The fourth-order valence-electron chi connectivity index (χ4n) is 7.93. The van der Waals surface area contributed by atoms with Gasteiger partial charge in [-0.3, -0.25) is 9.59 Å². The van der Waals surface area contributed by atoms with Crippen molar-refractivity contribution >= 4 is 11.8 Å². The molecule has 0 radical (unpaired) electrons. The number of carbonyl (C=O) groups excluding carboxylic acids is 1. The van der Waals surface area contributed by atoms with Crippen LogP contribution in [0.3, 0.4) is 0 Å². The maximum absolute atomic E-state index is 13.5. The van der Waals surface area contributed by atoms with Gasteiger partial charge >= 0.3 is 5.97 Å². The number of Topliss-reactive ketones (excluding diaryl/α,β-unsaturated/α-hetero) is 1. The predicted molar refractivity (Wildman–Crippen MR) is 99.8 cm³/mol. The highest BCUT2D eigenvalue weighted by molar-refractivity contribution is 5.88. The van der Waals surface area contributed by atoms with Crippen LogP contribution >= 0.6 is 0 Å². The van der Waals surface area contributed by atoms with Crippen LogP contribution in [0.2, 0.25) is 0 Å². The van der Waals surface area contributed by atoms with Gasteiger partial charge in [0.25, 0.3) is 0 Å². The molecule has 0 aromatic heterocycles. The Balaban J connectivity index is 1.70. The molecule has 0 bridgehead atoms. The van der Waals surface area contributed by atoms with E-state index >= 15 is 0 Å². The molecule has 4 aliphatic carbocycles. The number of aliphatic hydroxyl groups excluding tert-OH is 2. The number of hydrogen-bond acceptors (Lipinski definition) is 4. The van der Waals surface area contributed by atoms with Crippen LogP contribution in [0.4, 0.5) is 0 Å². The van der Waals surface area contributed by atoms with Gasteiger partial charge in [0.1, 0.15) is 5.78 Å². The monoisotopic (exact) mass is 378 g/mol. The van der Waals surface area contributed by atoms with Crippen LogP contribution in [0.15, 0.2) is 0 Å². The van der Waals surface area contributed by atoms with Crippen molar-refractivity contribution in [2.24, 2.45) is 46.3 Å². The van der Waals surface area contributed by atoms with Crippen LogP contribution in [0.1, 0.15) is 65.7 Å². The van der Waals surface area contributed by atoms with Gasteiger partial charge in [0, 0.05) is 11.8 Å². The third-order valence-electron chi connectivity index (χ3n) is 9.58. The summed E-state index contributed by atoms with van der Waals surface area (Å²) < 4.78 is 0. The van der Waals surface area contributed by atoms with E-state index in [1.54, 1.807) is 6.92 Å². The lowest BCUT2D eigenvalue weighted by molar-refractivity contribution is -0.182. The lowest BCUT2D eigenvalue weighted by Gasteiger charge is -2.61. The van der Waals surface area contributed by atoms with Gasteiger partial charge in [0.05, 0.1) is 18.1 Å². The average molecular weight is 379 g/mol. The molecule has 27 heavy (non-hydrogen) atoms. The molecule has 0 aromatic rings. The Morgan fingerprint density at radius 1 is 1.11 bits per heavy atom. The number of aliphatic carboxylic acids is 1. The van der Waals surface area contributed by atoms with Crippen LogP contribution in [0, 0.1) is 46.3 Å². The van der Waals surface area contributed by atoms with Crippen molar-refractivity contribution in [2.75, 3.05) is 0 Å². The van der Waals surface area contributed by atoms with Gasteiger partial charge in [-0.1, -0.05) is 20.8 Å². The van der Waals surface area contributed by atoms with Crippen molar-refractivity contribution in [1.82, 2.24) is 0 Å². The van der Waals surface area contributed by atoms with E-state index in [0.29, 0.717) is 12.8 Å². The number of carboxylic acids is 1. The summed E-state index contributed by atoms with van der Waals surface area (Å²) >= 11 is 0. The molecule has 4 aliphatic rings. The summed E-state index contributed by atoms with van der Waals surface area (Å²) in [4.78, 5) is 25.1. The first-order valence-corrected chi connectivity index (χ1v) is 10.7. The fraction of sp³-hybridized carbons (Fsp3) is 0.909. The van der Waals surface area contributed by atoms with Gasteiger partial charge in [-0.2, -0.15) is 0 Å². The lowest BCUT2D eigenvalue weighted by atomic mass is 9.43. The highest BCUT2D eigenvalue weighted by Gasteiger charge is 2.66. The molecule has 4 saturated carbocycles. The molecule has 10 atom stereocenters. The second kappa shape index (κ2) is 6.28. The summed E-state index contributed by atoms with van der Waals surface area (Å²) in [6.07, 6.45) is 4.44. The summed E-state index contributed by atoms with van der Waals surface area (Å²) in [5.74, 6) is -0.703. The van der Waals surface area contributed by atoms with E-state index in [4.69, 9.17) is 0 Å². The Kier molecular flexibility index (Phi) is 4.51. The van der Waals surface area contributed by atoms with Crippen LogP contribution in [-0.2, 0) is 9.59 Å². The van der Waals surface area contributed by atoms with Crippen LogP contribution in [0.25, 0.3) is 0 Å². The highest BCUT2D eigenvalue weighted by atomic mass is 16.4. The van der Waals surface area contributed by atoms with Gasteiger partial charge in [-0.15, -0.1) is 0 Å². The summed E-state index contributed by atoms with van der Waals surface area (Å²) in [6.45, 7) is 5.99. The Morgan fingerprint density at radius 3 is 2.48 bits per heavy atom. The van der Waals surface area contributed by atoms with Crippen molar-refractivity contribution < 1.29 is 24.9 Å². The topological polar surface area (TPSA) is 94.8 Å². The summed E-state index contributed by atoms with van der Waals surface area (Å²) in [7, 11) is 0. The summed E-state index contributed by atoms with van der Waals surface area (Å²) in [5, 5.41) is 30.8. The zero-order chi connectivity index (χ0) is 19.7. The number of rotatable bonds is 2. The SMILES string of the molecule is CC(C(=O)O)C1CCC2C3C(O)CC4CC(O)CCC4(C)C3CC(=O)C12C. The van der Waals surface area contributed by atoms with Crippen molar-refractivity contribution in [3.8, 4) is 0 Å². The largest absolute Gasteiger partial charge is 0.481 e. The predicted octanol–water partition coefficient (Wildman–Crippen LogP) is 2.88. The second-order valence-electron chi connectivity index (χ2n) is 10.4. The molecular formula is C22H34O5. The zero-order valence-corrected chi connectivity index (χ0v) is 16.7. The molecule has 4 rings (SSSR count). The van der Waals surface area contributed by atoms with Gasteiger partial charge < -0.3 is 15.3 Å². The Labute approximate surface area is 161 Å². The van der Waals surface area contributed by atoms with Gasteiger partial charge in [0.15, 0.2) is 0 Å². The molecule has 5 heteroatoms. The van der Waals surface area contributed by atoms with E-state index in [1.807, 2.05) is 6.92 Å². The van der Waals surface area contributed by atoms with Gasteiger partial charge in [0.2, 0.25) is 0 Å². The van der Waals surface area contributed by atoms with E-state index in [1.165, 1.54) is 0 Å². The number of carboxylic acid groups (broad SMARTS) is 1. The van der Waals surface area contributed by atoms with E-state index < -0.39 is 23.4 Å². The molecule has 0 aromatic carbocycles. The lowest BCUT2D eigenvalue weighted by Crippen LogP contribution is -2.61. The molecular weight excluding hydrogens is 344 g/mol. The number of ketones is 1. The van der Waals surface area contributed by atoms with Crippen molar-refractivity contribution in [2.45, 2.75) is 77.9 Å². The third-order valence-corrected chi connectivity index (χ3v) is 9.58. The molecule has 0 aliphatic heterocycles. The maximum Gasteiger partial charge on any atom is 0.306 e. The first-order chi connectivity index (χ1) is 12.6. The molecule has 3 N–H and O–H groups in total. The first kappa shape index (κ1) is 19.4. The minimum absolute atomic E-state index is 0.00336. The molecule has 4 fully saturated rings. The minimum atomic E-state index is -0.825. The highest BCUT2D eigenvalue weighted by Crippen LogP contribution is 2.67. The first-order valence-electron chi connectivity index (χ1n) is 10.7. The zero-order valence-electron chi connectivity index (χ0n) is 16.7. The molecule has 152 valence electrons. The molecule has 0 heterocycles. The molecule has 0 saturated heterocycles. The molecule has 10 unspecified atom stereocenters. The van der Waals surface area contributed by atoms with E-state index in [0.717, 1.165) is 32.1 Å².